The fraction of sp³-hybridized carbons (Fsp3) is 0.571. The maximum Gasteiger partial charge on any atom is 0.0805 e. The molecular weight excluding hydrogens is 292 g/mol. The molecule has 0 aromatic heterocycles. The number of hydrogen-bond acceptors (Lipinski definition) is 3. The van der Waals surface area contributed by atoms with E-state index in [-0.39, 0.29) is 11.7 Å². The van der Waals surface area contributed by atoms with Gasteiger partial charge in [-0.05, 0) is 38.5 Å². The van der Waals surface area contributed by atoms with Gasteiger partial charge in [0.25, 0.3) is 0 Å². The van der Waals surface area contributed by atoms with Crippen LogP contribution in [0, 0.1) is 0 Å². The molecule has 1 atom stereocenters. The van der Waals surface area contributed by atoms with Crippen molar-refractivity contribution in [1.29, 1.82) is 0 Å². The summed E-state index contributed by atoms with van der Waals surface area (Å²) in [6.45, 7) is 8.75. The van der Waals surface area contributed by atoms with Gasteiger partial charge in [0.05, 0.1) is 11.7 Å². The van der Waals surface area contributed by atoms with Crippen LogP contribution in [0.25, 0.3) is 0 Å². The van der Waals surface area contributed by atoms with Crippen LogP contribution in [0.3, 0.4) is 0 Å². The topological polar surface area (TPSA) is 38.5 Å². The SMILES string of the molecule is CC1CN(c2cc(Br)ccc2CN)CC(C)(C)O1. The van der Waals surface area contributed by atoms with E-state index in [0.29, 0.717) is 6.54 Å². The second-order valence-electron chi connectivity index (χ2n) is 5.55. The Labute approximate surface area is 117 Å². The summed E-state index contributed by atoms with van der Waals surface area (Å²) in [6, 6.07) is 6.28. The maximum atomic E-state index is 5.94. The van der Waals surface area contributed by atoms with Gasteiger partial charge in [-0.25, -0.2) is 0 Å². The standard InChI is InChI=1S/C14H21BrN2O/c1-10-8-17(9-14(2,3)18-10)13-6-12(15)5-4-11(13)7-16/h4-6,10H,7-9,16H2,1-3H3. The van der Waals surface area contributed by atoms with Gasteiger partial charge in [-0.1, -0.05) is 22.0 Å². The number of halogens is 1. The van der Waals surface area contributed by atoms with Crippen LogP contribution in [0.4, 0.5) is 5.69 Å². The molecule has 2 N–H and O–H groups in total. The highest BCUT2D eigenvalue weighted by atomic mass is 79.9. The quantitative estimate of drug-likeness (QED) is 0.912. The highest BCUT2D eigenvalue weighted by Crippen LogP contribution is 2.30. The highest BCUT2D eigenvalue weighted by molar-refractivity contribution is 9.10. The highest BCUT2D eigenvalue weighted by Gasteiger charge is 2.32. The molecule has 1 saturated heterocycles. The van der Waals surface area contributed by atoms with Crippen molar-refractivity contribution in [3.05, 3.63) is 28.2 Å². The summed E-state index contributed by atoms with van der Waals surface area (Å²) in [6.07, 6.45) is 0.235. The minimum absolute atomic E-state index is 0.119. The summed E-state index contributed by atoms with van der Waals surface area (Å²) in [5.41, 5.74) is 8.12. The minimum atomic E-state index is -0.119. The van der Waals surface area contributed by atoms with Crippen LogP contribution in [0.1, 0.15) is 26.3 Å². The van der Waals surface area contributed by atoms with Crippen molar-refractivity contribution in [2.24, 2.45) is 5.73 Å². The first-order valence-electron chi connectivity index (χ1n) is 6.32. The van der Waals surface area contributed by atoms with E-state index in [1.165, 1.54) is 11.3 Å². The lowest BCUT2D eigenvalue weighted by molar-refractivity contribution is -0.0750. The van der Waals surface area contributed by atoms with Crippen molar-refractivity contribution in [3.8, 4) is 0 Å². The molecule has 0 saturated carbocycles. The van der Waals surface area contributed by atoms with Crippen molar-refractivity contribution in [2.45, 2.75) is 39.0 Å². The van der Waals surface area contributed by atoms with Crippen LogP contribution in [0.2, 0.25) is 0 Å². The third-order valence-electron chi connectivity index (χ3n) is 3.18. The van der Waals surface area contributed by atoms with Crippen molar-refractivity contribution < 1.29 is 4.74 Å². The van der Waals surface area contributed by atoms with Gasteiger partial charge in [-0.15, -0.1) is 0 Å². The first-order chi connectivity index (χ1) is 8.41. The molecule has 0 radical (unpaired) electrons. The van der Waals surface area contributed by atoms with E-state index in [0.717, 1.165) is 17.6 Å². The molecule has 4 heteroatoms. The molecule has 1 unspecified atom stereocenters. The van der Waals surface area contributed by atoms with Gasteiger partial charge in [0, 0.05) is 29.8 Å². The number of ether oxygens (including phenoxy) is 1. The number of nitrogens with zero attached hydrogens (tertiary/aromatic N) is 1. The molecule has 100 valence electrons. The third kappa shape index (κ3) is 3.05. The van der Waals surface area contributed by atoms with E-state index in [9.17, 15) is 0 Å². The van der Waals surface area contributed by atoms with E-state index in [1.54, 1.807) is 0 Å². The minimum Gasteiger partial charge on any atom is -0.369 e. The van der Waals surface area contributed by atoms with Gasteiger partial charge in [0.2, 0.25) is 0 Å². The van der Waals surface area contributed by atoms with Crippen LogP contribution in [0.15, 0.2) is 22.7 Å². The fourth-order valence-electron chi connectivity index (χ4n) is 2.64. The van der Waals surface area contributed by atoms with Crippen LogP contribution in [0.5, 0.6) is 0 Å². The smallest absolute Gasteiger partial charge is 0.0805 e. The maximum absolute atomic E-state index is 5.94. The Morgan fingerprint density at radius 2 is 2.22 bits per heavy atom. The van der Waals surface area contributed by atoms with Crippen LogP contribution in [-0.2, 0) is 11.3 Å². The molecule has 1 heterocycles. The summed E-state index contributed by atoms with van der Waals surface area (Å²) in [5, 5.41) is 0. The molecule has 0 amide bonds. The van der Waals surface area contributed by atoms with Crippen molar-refractivity contribution >= 4 is 21.6 Å². The fourth-order valence-corrected chi connectivity index (χ4v) is 2.99. The van der Waals surface area contributed by atoms with Crippen molar-refractivity contribution in [1.82, 2.24) is 0 Å². The summed E-state index contributed by atoms with van der Waals surface area (Å²) >= 11 is 3.54. The Morgan fingerprint density at radius 3 is 2.83 bits per heavy atom. The molecule has 18 heavy (non-hydrogen) atoms. The normalized spacial score (nSPS) is 23.2. The number of anilines is 1. The first kappa shape index (κ1) is 13.8. The lowest BCUT2D eigenvalue weighted by Crippen LogP contribution is -2.52. The second-order valence-corrected chi connectivity index (χ2v) is 6.46. The monoisotopic (exact) mass is 312 g/mol. The van der Waals surface area contributed by atoms with Crippen molar-refractivity contribution in [3.63, 3.8) is 0 Å². The summed E-state index contributed by atoms with van der Waals surface area (Å²) in [5.74, 6) is 0. The number of benzene rings is 1. The third-order valence-corrected chi connectivity index (χ3v) is 3.67. The van der Waals surface area contributed by atoms with E-state index in [4.69, 9.17) is 10.5 Å². The predicted molar refractivity (Wildman–Crippen MR) is 78.9 cm³/mol. The van der Waals surface area contributed by atoms with Gasteiger partial charge in [0.1, 0.15) is 0 Å². The average molecular weight is 313 g/mol. The van der Waals surface area contributed by atoms with Crippen molar-refractivity contribution in [2.75, 3.05) is 18.0 Å². The molecular formula is C14H21BrN2O. The molecule has 1 aromatic carbocycles. The van der Waals surface area contributed by atoms with E-state index in [2.05, 4.69) is 53.7 Å². The van der Waals surface area contributed by atoms with E-state index >= 15 is 0 Å². The molecule has 1 aromatic rings. The zero-order chi connectivity index (χ0) is 13.3. The number of hydrogen-bond donors (Lipinski definition) is 1. The van der Waals surface area contributed by atoms with E-state index in [1.807, 2.05) is 6.07 Å². The molecule has 3 nitrogen and oxygen atoms in total. The molecule has 0 spiro atoms. The largest absolute Gasteiger partial charge is 0.369 e. The van der Waals surface area contributed by atoms with Gasteiger partial charge in [0.15, 0.2) is 0 Å². The first-order valence-corrected chi connectivity index (χ1v) is 7.12. The van der Waals surface area contributed by atoms with Gasteiger partial charge < -0.3 is 15.4 Å². The molecule has 0 aliphatic carbocycles. The molecule has 1 aliphatic heterocycles. The Balaban J connectivity index is 2.32. The number of nitrogens with two attached hydrogens (primary N) is 1. The molecule has 1 aliphatic rings. The predicted octanol–water partition coefficient (Wildman–Crippen LogP) is 2.91. The molecule has 1 fully saturated rings. The Bertz CT molecular complexity index is 434. The Morgan fingerprint density at radius 1 is 1.50 bits per heavy atom. The lowest BCUT2D eigenvalue weighted by Gasteiger charge is -2.43. The van der Waals surface area contributed by atoms with Crippen LogP contribution >= 0.6 is 15.9 Å². The zero-order valence-corrected chi connectivity index (χ0v) is 12.8. The second kappa shape index (κ2) is 5.19. The number of morpholine rings is 1. The summed E-state index contributed by atoms with van der Waals surface area (Å²) in [4.78, 5) is 2.38. The Kier molecular flexibility index (Phi) is 3.99. The molecule has 2 rings (SSSR count). The summed E-state index contributed by atoms with van der Waals surface area (Å²) in [7, 11) is 0. The molecule has 0 bridgehead atoms. The van der Waals surface area contributed by atoms with E-state index < -0.39 is 0 Å². The zero-order valence-electron chi connectivity index (χ0n) is 11.2. The van der Waals surface area contributed by atoms with Crippen LogP contribution in [-0.4, -0.2) is 24.8 Å². The van der Waals surface area contributed by atoms with Gasteiger partial charge in [-0.2, -0.15) is 0 Å². The van der Waals surface area contributed by atoms with Crippen LogP contribution < -0.4 is 10.6 Å². The lowest BCUT2D eigenvalue weighted by atomic mass is 10.0. The average Bonchev–Trinajstić information content (AvgIpc) is 2.26. The van der Waals surface area contributed by atoms with Gasteiger partial charge >= 0.3 is 0 Å². The van der Waals surface area contributed by atoms with Gasteiger partial charge in [-0.3, -0.25) is 0 Å². The summed E-state index contributed by atoms with van der Waals surface area (Å²) < 4.78 is 7.03. The Hall–Kier alpha value is -0.580. The number of rotatable bonds is 2.